The summed E-state index contributed by atoms with van der Waals surface area (Å²) in [4.78, 5) is 49.0. The van der Waals surface area contributed by atoms with Crippen molar-refractivity contribution in [3.05, 3.63) is 0 Å². The predicted molar refractivity (Wildman–Crippen MR) is 96.1 cm³/mol. The van der Waals surface area contributed by atoms with Crippen molar-refractivity contribution in [3.63, 3.8) is 0 Å². The van der Waals surface area contributed by atoms with Gasteiger partial charge in [0.25, 0.3) is 0 Å². The number of ketones is 2. The van der Waals surface area contributed by atoms with E-state index in [9.17, 15) is 19.2 Å². The molecule has 0 rings (SSSR count). The Hall–Kier alpha value is -1.80. The molecule has 0 bridgehead atoms. The van der Waals surface area contributed by atoms with Gasteiger partial charge in [0.05, 0.1) is 26.3 Å². The monoisotopic (exact) mass is 372 g/mol. The smallest absolute Gasteiger partial charge is 0.327 e. The van der Waals surface area contributed by atoms with Crippen molar-refractivity contribution < 1.29 is 28.7 Å². The summed E-state index contributed by atoms with van der Waals surface area (Å²) in [6.45, 7) is 3.34. The van der Waals surface area contributed by atoms with Crippen LogP contribution in [0.5, 0.6) is 0 Å². The first-order chi connectivity index (χ1) is 12.4. The third-order valence-electron chi connectivity index (χ3n) is 4.10. The highest BCUT2D eigenvalue weighted by molar-refractivity contribution is 6.23. The van der Waals surface area contributed by atoms with Crippen LogP contribution < -0.4 is 11.5 Å². The van der Waals surface area contributed by atoms with Crippen LogP contribution in [0.1, 0.15) is 58.8 Å². The molecule has 0 saturated carbocycles. The molecule has 0 aliphatic carbocycles. The number of nitrogens with two attached hydrogens (primary N) is 2. The molecule has 4 N–H and O–H groups in total. The van der Waals surface area contributed by atoms with E-state index in [-0.39, 0.29) is 25.9 Å². The lowest BCUT2D eigenvalue weighted by atomic mass is 9.74. The van der Waals surface area contributed by atoms with Gasteiger partial charge in [-0.15, -0.1) is 0 Å². The molecule has 0 aliphatic rings. The van der Waals surface area contributed by atoms with E-state index in [2.05, 4.69) is 0 Å². The van der Waals surface area contributed by atoms with E-state index in [4.69, 9.17) is 20.9 Å². The second-order valence-electron chi connectivity index (χ2n) is 6.08. The van der Waals surface area contributed by atoms with E-state index in [1.165, 1.54) is 0 Å². The van der Waals surface area contributed by atoms with Gasteiger partial charge in [0.2, 0.25) is 0 Å². The number of esters is 2. The van der Waals surface area contributed by atoms with E-state index >= 15 is 0 Å². The zero-order valence-corrected chi connectivity index (χ0v) is 15.9. The quantitative estimate of drug-likeness (QED) is 0.245. The summed E-state index contributed by atoms with van der Waals surface area (Å²) in [6, 6.07) is 0. The van der Waals surface area contributed by atoms with Gasteiger partial charge < -0.3 is 20.9 Å². The Bertz CT molecular complexity index is 462. The molecule has 0 unspecified atom stereocenters. The fraction of sp³-hybridized carbons (Fsp3) is 0.778. The number of ether oxygens (including phenoxy) is 2. The molecule has 0 heterocycles. The minimum Gasteiger partial charge on any atom is -0.466 e. The second kappa shape index (κ2) is 13.4. The highest BCUT2D eigenvalue weighted by atomic mass is 16.5. The van der Waals surface area contributed by atoms with Crippen molar-refractivity contribution in [2.75, 3.05) is 26.3 Å². The zero-order chi connectivity index (χ0) is 20.0. The van der Waals surface area contributed by atoms with E-state index in [1.54, 1.807) is 0 Å². The van der Waals surface area contributed by atoms with E-state index in [0.717, 1.165) is 19.3 Å². The van der Waals surface area contributed by atoms with Crippen LogP contribution >= 0.6 is 0 Å². The third kappa shape index (κ3) is 7.21. The Morgan fingerprint density at radius 3 is 1.77 bits per heavy atom. The summed E-state index contributed by atoms with van der Waals surface area (Å²) in [5, 5.41) is 0. The molecule has 0 aromatic rings. The molecule has 0 spiro atoms. The van der Waals surface area contributed by atoms with Gasteiger partial charge in [-0.3, -0.25) is 19.2 Å². The van der Waals surface area contributed by atoms with Crippen molar-refractivity contribution in [1.29, 1.82) is 0 Å². The number of carbonyl (C=O) groups excluding carboxylic acids is 4. The molecular weight excluding hydrogens is 340 g/mol. The van der Waals surface area contributed by atoms with Crippen LogP contribution in [0.4, 0.5) is 0 Å². The largest absolute Gasteiger partial charge is 0.466 e. The summed E-state index contributed by atoms with van der Waals surface area (Å²) in [6.07, 6.45) is 2.99. The fourth-order valence-electron chi connectivity index (χ4n) is 2.45. The maximum atomic E-state index is 12.5. The van der Waals surface area contributed by atoms with Crippen LogP contribution in [0.2, 0.25) is 0 Å². The van der Waals surface area contributed by atoms with Crippen LogP contribution in [0.3, 0.4) is 0 Å². The summed E-state index contributed by atoms with van der Waals surface area (Å²) in [5.41, 5.74) is 8.79. The molecule has 8 nitrogen and oxygen atoms in total. The van der Waals surface area contributed by atoms with Crippen LogP contribution in [-0.4, -0.2) is 49.8 Å². The third-order valence-corrected chi connectivity index (χ3v) is 4.10. The highest BCUT2D eigenvalue weighted by Gasteiger charge is 2.51. The lowest BCUT2D eigenvalue weighted by Crippen LogP contribution is -2.52. The van der Waals surface area contributed by atoms with Crippen molar-refractivity contribution in [2.45, 2.75) is 58.8 Å². The van der Waals surface area contributed by atoms with Crippen molar-refractivity contribution in [2.24, 2.45) is 16.9 Å². The average molecular weight is 372 g/mol. The van der Waals surface area contributed by atoms with E-state index < -0.39 is 42.0 Å². The Labute approximate surface area is 154 Å². The zero-order valence-electron chi connectivity index (χ0n) is 15.9. The van der Waals surface area contributed by atoms with Crippen LogP contribution in [0, 0.1) is 5.41 Å². The predicted octanol–water partition coefficient (Wildman–Crippen LogP) is 0.885. The van der Waals surface area contributed by atoms with Crippen molar-refractivity contribution >= 4 is 23.5 Å². The van der Waals surface area contributed by atoms with Gasteiger partial charge in [0, 0.05) is 6.42 Å². The maximum Gasteiger partial charge on any atom is 0.327 e. The molecule has 0 radical (unpaired) electrons. The average Bonchev–Trinajstić information content (AvgIpc) is 2.64. The normalized spacial score (nSPS) is 11.1. The van der Waals surface area contributed by atoms with Crippen LogP contribution in [0.25, 0.3) is 0 Å². The minimum absolute atomic E-state index is 0.0105. The first-order valence-corrected chi connectivity index (χ1v) is 9.20. The minimum atomic E-state index is -2.04. The summed E-state index contributed by atoms with van der Waals surface area (Å²) < 4.78 is 10.2. The van der Waals surface area contributed by atoms with Gasteiger partial charge in [-0.25, -0.2) is 0 Å². The highest BCUT2D eigenvalue weighted by Crippen LogP contribution is 2.29. The first-order valence-electron chi connectivity index (χ1n) is 9.20. The first kappa shape index (κ1) is 24.2. The number of unbranched alkanes of at least 4 members (excludes halogenated alkanes) is 2. The van der Waals surface area contributed by atoms with Crippen molar-refractivity contribution in [3.8, 4) is 0 Å². The standard InChI is InChI=1S/C18H32N2O6/c1-3-5-10-25-16(23)8-7-9-18(14(21)12-19,15(22)13-20)17(24)26-11-6-4-2/h3-13,19-20H2,1-2H3. The Morgan fingerprint density at radius 1 is 0.808 bits per heavy atom. The molecular formula is C18H32N2O6. The van der Waals surface area contributed by atoms with Gasteiger partial charge in [-0.1, -0.05) is 26.7 Å². The molecule has 26 heavy (non-hydrogen) atoms. The topological polar surface area (TPSA) is 139 Å². The molecule has 0 aromatic carbocycles. The Morgan fingerprint density at radius 2 is 1.31 bits per heavy atom. The Balaban J connectivity index is 5.12. The maximum absolute atomic E-state index is 12.5. The molecule has 8 heteroatoms. The molecule has 0 atom stereocenters. The van der Waals surface area contributed by atoms with Gasteiger partial charge in [0.1, 0.15) is 0 Å². The molecule has 0 aromatic heterocycles. The molecule has 150 valence electrons. The SMILES string of the molecule is CCCCOC(=O)CCCC(C(=O)CN)(C(=O)CN)C(=O)OCCCC. The molecule has 0 fully saturated rings. The fourth-order valence-corrected chi connectivity index (χ4v) is 2.45. The lowest BCUT2D eigenvalue weighted by Gasteiger charge is -2.28. The summed E-state index contributed by atoms with van der Waals surface area (Å²) in [5.74, 6) is -2.86. The van der Waals surface area contributed by atoms with Gasteiger partial charge >= 0.3 is 11.9 Å². The number of carbonyl (C=O) groups is 4. The van der Waals surface area contributed by atoms with E-state index in [1.807, 2.05) is 13.8 Å². The number of hydrogen-bond donors (Lipinski definition) is 2. The second-order valence-corrected chi connectivity index (χ2v) is 6.08. The molecule has 0 aliphatic heterocycles. The number of hydrogen-bond acceptors (Lipinski definition) is 8. The van der Waals surface area contributed by atoms with Gasteiger partial charge in [-0.2, -0.15) is 0 Å². The van der Waals surface area contributed by atoms with Crippen LogP contribution in [0.15, 0.2) is 0 Å². The summed E-state index contributed by atoms with van der Waals surface area (Å²) in [7, 11) is 0. The van der Waals surface area contributed by atoms with Crippen molar-refractivity contribution in [1.82, 2.24) is 0 Å². The van der Waals surface area contributed by atoms with Gasteiger partial charge in [0.15, 0.2) is 17.0 Å². The lowest BCUT2D eigenvalue weighted by molar-refractivity contribution is -0.165. The number of rotatable bonds is 15. The molecule has 0 saturated heterocycles. The number of Topliss-reactive ketones (excluding diaryl/α,β-unsaturated/α-hetero) is 2. The summed E-state index contributed by atoms with van der Waals surface area (Å²) >= 11 is 0. The van der Waals surface area contributed by atoms with Crippen LogP contribution in [-0.2, 0) is 28.7 Å². The molecule has 0 amide bonds. The Kier molecular flexibility index (Phi) is 12.5. The van der Waals surface area contributed by atoms with Gasteiger partial charge in [-0.05, 0) is 25.7 Å². The van der Waals surface area contributed by atoms with E-state index in [0.29, 0.717) is 13.0 Å².